The van der Waals surface area contributed by atoms with E-state index in [-0.39, 0.29) is 5.91 Å². The summed E-state index contributed by atoms with van der Waals surface area (Å²) in [5.41, 5.74) is 2.10. The van der Waals surface area contributed by atoms with Gasteiger partial charge in [0.2, 0.25) is 0 Å². The van der Waals surface area contributed by atoms with Crippen molar-refractivity contribution in [3.8, 4) is 5.75 Å². The van der Waals surface area contributed by atoms with Gasteiger partial charge >= 0.3 is 0 Å². The number of ether oxygens (including phenoxy) is 1. The molecule has 3 nitrogen and oxygen atoms in total. The molecule has 116 valence electrons. The number of benzene rings is 2. The fraction of sp³-hybridized carbons (Fsp3) is 0.278. The van der Waals surface area contributed by atoms with Gasteiger partial charge in [0, 0.05) is 11.6 Å². The Morgan fingerprint density at radius 2 is 1.86 bits per heavy atom. The maximum absolute atomic E-state index is 12.1. The van der Waals surface area contributed by atoms with E-state index < -0.39 is 6.10 Å². The van der Waals surface area contributed by atoms with Crippen LogP contribution >= 0.6 is 11.6 Å². The molecule has 0 radical (unpaired) electrons. The maximum atomic E-state index is 12.1. The van der Waals surface area contributed by atoms with Crippen molar-refractivity contribution < 1.29 is 9.53 Å². The first-order valence-electron chi connectivity index (χ1n) is 7.37. The van der Waals surface area contributed by atoms with Gasteiger partial charge in [0.05, 0.1) is 0 Å². The number of para-hydroxylation sites is 1. The van der Waals surface area contributed by atoms with E-state index in [9.17, 15) is 4.79 Å². The lowest BCUT2D eigenvalue weighted by Gasteiger charge is -2.17. The van der Waals surface area contributed by atoms with Crippen LogP contribution in [0.4, 0.5) is 0 Å². The molecule has 0 saturated heterocycles. The number of aryl methyl sites for hydroxylation is 1. The minimum absolute atomic E-state index is 0.138. The summed E-state index contributed by atoms with van der Waals surface area (Å²) < 4.78 is 5.77. The van der Waals surface area contributed by atoms with Crippen LogP contribution < -0.4 is 10.1 Å². The van der Waals surface area contributed by atoms with Gasteiger partial charge in [-0.15, -0.1) is 0 Å². The van der Waals surface area contributed by atoms with Crippen LogP contribution in [0.15, 0.2) is 48.5 Å². The molecule has 0 saturated carbocycles. The van der Waals surface area contributed by atoms with Crippen molar-refractivity contribution in [2.75, 3.05) is 0 Å². The highest BCUT2D eigenvalue weighted by atomic mass is 35.5. The van der Waals surface area contributed by atoms with Gasteiger partial charge in [-0.2, -0.15) is 0 Å². The first kappa shape index (κ1) is 16.4. The topological polar surface area (TPSA) is 38.3 Å². The van der Waals surface area contributed by atoms with Gasteiger partial charge in [0.25, 0.3) is 5.91 Å². The predicted octanol–water partition coefficient (Wildman–Crippen LogP) is 3.99. The molecular formula is C18H20ClNO2. The van der Waals surface area contributed by atoms with E-state index >= 15 is 0 Å². The Morgan fingerprint density at radius 1 is 1.18 bits per heavy atom. The molecule has 22 heavy (non-hydrogen) atoms. The first-order chi connectivity index (χ1) is 10.6. The molecule has 0 fully saturated rings. The van der Waals surface area contributed by atoms with Crippen molar-refractivity contribution in [3.63, 3.8) is 0 Å². The third kappa shape index (κ3) is 4.50. The number of hydrogen-bond acceptors (Lipinski definition) is 2. The van der Waals surface area contributed by atoms with Gasteiger partial charge in [-0.25, -0.2) is 0 Å². The van der Waals surface area contributed by atoms with Crippen LogP contribution in [-0.4, -0.2) is 12.0 Å². The minimum Gasteiger partial charge on any atom is -0.481 e. The molecule has 0 bridgehead atoms. The fourth-order valence-electron chi connectivity index (χ4n) is 2.09. The summed E-state index contributed by atoms with van der Waals surface area (Å²) >= 11 is 5.84. The molecule has 1 amide bonds. The maximum Gasteiger partial charge on any atom is 0.261 e. The Kier molecular flexibility index (Phi) is 5.84. The van der Waals surface area contributed by atoms with Gasteiger partial charge in [-0.1, -0.05) is 48.9 Å². The summed E-state index contributed by atoms with van der Waals surface area (Å²) in [6.07, 6.45) is 0.329. The molecule has 1 atom stereocenters. The van der Waals surface area contributed by atoms with Gasteiger partial charge in [-0.3, -0.25) is 4.79 Å². The molecule has 0 heterocycles. The van der Waals surface area contributed by atoms with Crippen LogP contribution in [0.1, 0.15) is 25.0 Å². The van der Waals surface area contributed by atoms with Crippen LogP contribution in [0.5, 0.6) is 5.75 Å². The number of carbonyl (C=O) groups excluding carboxylic acids is 1. The number of nitrogens with one attached hydrogen (secondary N) is 1. The highest BCUT2D eigenvalue weighted by Gasteiger charge is 2.15. The van der Waals surface area contributed by atoms with Crippen molar-refractivity contribution in [2.45, 2.75) is 32.9 Å². The van der Waals surface area contributed by atoms with E-state index in [4.69, 9.17) is 16.3 Å². The van der Waals surface area contributed by atoms with Crippen LogP contribution in [0.3, 0.4) is 0 Å². The molecule has 0 spiro atoms. The summed E-state index contributed by atoms with van der Waals surface area (Å²) in [5, 5.41) is 3.55. The normalized spacial score (nSPS) is 11.8. The Balaban J connectivity index is 1.90. The number of rotatable bonds is 6. The third-order valence-electron chi connectivity index (χ3n) is 3.41. The Bertz CT molecular complexity index is 625. The zero-order valence-electron chi connectivity index (χ0n) is 12.8. The third-order valence-corrected chi connectivity index (χ3v) is 3.66. The number of hydrogen-bond donors (Lipinski definition) is 1. The van der Waals surface area contributed by atoms with Crippen molar-refractivity contribution >= 4 is 17.5 Å². The Labute approximate surface area is 136 Å². The summed E-state index contributed by atoms with van der Waals surface area (Å²) in [7, 11) is 0. The Morgan fingerprint density at radius 3 is 2.55 bits per heavy atom. The quantitative estimate of drug-likeness (QED) is 0.875. The molecule has 0 unspecified atom stereocenters. The van der Waals surface area contributed by atoms with Gasteiger partial charge < -0.3 is 10.1 Å². The highest BCUT2D eigenvalue weighted by Crippen LogP contribution is 2.19. The molecule has 0 aromatic heterocycles. The van der Waals surface area contributed by atoms with E-state index in [1.54, 1.807) is 19.1 Å². The number of halogens is 1. The fourth-order valence-corrected chi connectivity index (χ4v) is 2.22. The summed E-state index contributed by atoms with van der Waals surface area (Å²) in [6.45, 7) is 4.27. The van der Waals surface area contributed by atoms with Gasteiger partial charge in [0.1, 0.15) is 5.75 Å². The second-order valence-corrected chi connectivity index (χ2v) is 5.50. The SMILES string of the molecule is CCc1ccccc1O[C@H](C)C(=O)NCc1ccc(Cl)cc1. The highest BCUT2D eigenvalue weighted by molar-refractivity contribution is 6.30. The summed E-state index contributed by atoms with van der Waals surface area (Å²) in [4.78, 5) is 12.1. The van der Waals surface area contributed by atoms with E-state index in [2.05, 4.69) is 12.2 Å². The monoisotopic (exact) mass is 317 g/mol. The average molecular weight is 318 g/mol. The largest absolute Gasteiger partial charge is 0.481 e. The molecule has 4 heteroatoms. The van der Waals surface area contributed by atoms with E-state index in [0.717, 1.165) is 23.3 Å². The number of carbonyl (C=O) groups is 1. The smallest absolute Gasteiger partial charge is 0.261 e. The van der Waals surface area contributed by atoms with Crippen molar-refractivity contribution in [2.24, 2.45) is 0 Å². The minimum atomic E-state index is -0.542. The van der Waals surface area contributed by atoms with Crippen LogP contribution in [0.2, 0.25) is 5.02 Å². The summed E-state index contributed by atoms with van der Waals surface area (Å²) in [5.74, 6) is 0.625. The standard InChI is InChI=1S/C18H20ClNO2/c1-3-15-6-4-5-7-17(15)22-13(2)18(21)20-12-14-8-10-16(19)11-9-14/h4-11,13H,3,12H2,1-2H3,(H,20,21)/t13-/m1/s1. The lowest BCUT2D eigenvalue weighted by atomic mass is 10.1. The molecule has 0 aliphatic rings. The lowest BCUT2D eigenvalue weighted by molar-refractivity contribution is -0.127. The molecular weight excluding hydrogens is 298 g/mol. The number of amides is 1. The van der Waals surface area contributed by atoms with Crippen LogP contribution in [0.25, 0.3) is 0 Å². The molecule has 2 aromatic carbocycles. The van der Waals surface area contributed by atoms with Gasteiger partial charge in [-0.05, 0) is 42.7 Å². The molecule has 2 aromatic rings. The molecule has 1 N–H and O–H groups in total. The molecule has 2 rings (SSSR count). The zero-order chi connectivity index (χ0) is 15.9. The average Bonchev–Trinajstić information content (AvgIpc) is 2.54. The van der Waals surface area contributed by atoms with E-state index in [1.165, 1.54) is 0 Å². The zero-order valence-corrected chi connectivity index (χ0v) is 13.6. The predicted molar refractivity (Wildman–Crippen MR) is 89.2 cm³/mol. The second kappa shape index (κ2) is 7.85. The van der Waals surface area contributed by atoms with Crippen LogP contribution in [0, 0.1) is 0 Å². The molecule has 0 aliphatic heterocycles. The summed E-state index contributed by atoms with van der Waals surface area (Å²) in [6, 6.07) is 15.2. The van der Waals surface area contributed by atoms with Crippen molar-refractivity contribution in [3.05, 3.63) is 64.7 Å². The van der Waals surface area contributed by atoms with Crippen molar-refractivity contribution in [1.82, 2.24) is 5.32 Å². The second-order valence-electron chi connectivity index (χ2n) is 5.07. The van der Waals surface area contributed by atoms with E-state index in [0.29, 0.717) is 11.6 Å². The Hall–Kier alpha value is -2.00. The van der Waals surface area contributed by atoms with Gasteiger partial charge in [0.15, 0.2) is 6.10 Å². The molecule has 0 aliphatic carbocycles. The van der Waals surface area contributed by atoms with Crippen LogP contribution in [-0.2, 0) is 17.8 Å². The van der Waals surface area contributed by atoms with Crippen molar-refractivity contribution in [1.29, 1.82) is 0 Å². The first-order valence-corrected chi connectivity index (χ1v) is 7.74. The lowest BCUT2D eigenvalue weighted by Crippen LogP contribution is -2.36. The van der Waals surface area contributed by atoms with E-state index in [1.807, 2.05) is 36.4 Å².